The molecule has 2 aromatic heterocycles. The minimum atomic E-state index is -0.777. The molecule has 1 unspecified atom stereocenters. The molecule has 1 atom stereocenters. The maximum atomic E-state index is 10.6. The van der Waals surface area contributed by atoms with Crippen LogP contribution in [0.2, 0.25) is 0 Å². The molecule has 1 N–H and O–H groups in total. The predicted molar refractivity (Wildman–Crippen MR) is 58.1 cm³/mol. The Bertz CT molecular complexity index is 507. The number of aliphatic carboxylic acids is 1. The number of nitrogens with zero attached hydrogens (tertiary/aromatic N) is 3. The molecule has 0 aliphatic heterocycles. The van der Waals surface area contributed by atoms with Crippen LogP contribution in [0.15, 0.2) is 24.4 Å². The molecule has 2 aromatic rings. The van der Waals surface area contributed by atoms with E-state index in [0.717, 1.165) is 11.5 Å². The lowest BCUT2D eigenvalue weighted by molar-refractivity contribution is -0.137. The van der Waals surface area contributed by atoms with Crippen molar-refractivity contribution in [1.29, 1.82) is 0 Å². The van der Waals surface area contributed by atoms with Crippen LogP contribution < -0.4 is 0 Å². The zero-order valence-corrected chi connectivity index (χ0v) is 9.00. The average Bonchev–Trinajstić information content (AvgIpc) is 2.61. The summed E-state index contributed by atoms with van der Waals surface area (Å²) in [5.74, 6) is 0.0933. The van der Waals surface area contributed by atoms with E-state index in [1.54, 1.807) is 0 Å². The Morgan fingerprint density at radius 3 is 3.06 bits per heavy atom. The Kier molecular flexibility index (Phi) is 2.85. The first-order chi connectivity index (χ1) is 7.66. The molecule has 0 amide bonds. The highest BCUT2D eigenvalue weighted by Crippen LogP contribution is 2.11. The van der Waals surface area contributed by atoms with Gasteiger partial charge in [-0.25, -0.2) is 0 Å². The monoisotopic (exact) mass is 219 g/mol. The van der Waals surface area contributed by atoms with Gasteiger partial charge >= 0.3 is 5.97 Å². The third-order valence-electron chi connectivity index (χ3n) is 2.44. The molecule has 2 heterocycles. The van der Waals surface area contributed by atoms with E-state index in [-0.39, 0.29) is 12.3 Å². The van der Waals surface area contributed by atoms with Gasteiger partial charge in [0.1, 0.15) is 5.82 Å². The van der Waals surface area contributed by atoms with Crippen LogP contribution in [-0.2, 0) is 11.2 Å². The highest BCUT2D eigenvalue weighted by molar-refractivity contribution is 5.66. The summed E-state index contributed by atoms with van der Waals surface area (Å²) in [6.45, 7) is 1.90. The molecule has 0 spiro atoms. The smallest absolute Gasteiger partial charge is 0.303 e. The van der Waals surface area contributed by atoms with Crippen molar-refractivity contribution >= 4 is 11.6 Å². The molecule has 0 fully saturated rings. The lowest BCUT2D eigenvalue weighted by Crippen LogP contribution is -2.09. The molecule has 5 nitrogen and oxygen atoms in total. The van der Waals surface area contributed by atoms with E-state index in [1.165, 1.54) is 0 Å². The Balaban J connectivity index is 2.18. The summed E-state index contributed by atoms with van der Waals surface area (Å²) < 4.78 is 1.89. The third-order valence-corrected chi connectivity index (χ3v) is 2.44. The second-order valence-corrected chi connectivity index (χ2v) is 3.95. The van der Waals surface area contributed by atoms with E-state index in [2.05, 4.69) is 10.2 Å². The summed E-state index contributed by atoms with van der Waals surface area (Å²) in [5.41, 5.74) is 0.792. The summed E-state index contributed by atoms with van der Waals surface area (Å²) in [7, 11) is 0. The number of aromatic nitrogens is 3. The number of fused-ring (bicyclic) bond motifs is 1. The predicted octanol–water partition coefficient (Wildman–Crippen LogP) is 1.38. The molecule has 0 saturated heterocycles. The molecule has 0 aromatic carbocycles. The first-order valence-corrected chi connectivity index (χ1v) is 5.17. The van der Waals surface area contributed by atoms with Crippen molar-refractivity contribution in [3.63, 3.8) is 0 Å². The maximum Gasteiger partial charge on any atom is 0.303 e. The van der Waals surface area contributed by atoms with Crippen molar-refractivity contribution in [3.8, 4) is 0 Å². The molecule has 0 radical (unpaired) electrons. The van der Waals surface area contributed by atoms with Gasteiger partial charge in [-0.15, -0.1) is 10.2 Å². The molecule has 84 valence electrons. The number of carbonyl (C=O) groups is 1. The number of carboxylic acids is 1. The highest BCUT2D eigenvalue weighted by atomic mass is 16.4. The Morgan fingerprint density at radius 2 is 2.31 bits per heavy atom. The van der Waals surface area contributed by atoms with Crippen LogP contribution in [0.1, 0.15) is 19.2 Å². The van der Waals surface area contributed by atoms with Gasteiger partial charge in [0, 0.05) is 19.0 Å². The van der Waals surface area contributed by atoms with Crippen LogP contribution in [0, 0.1) is 5.92 Å². The van der Waals surface area contributed by atoms with E-state index in [9.17, 15) is 4.79 Å². The molecule has 16 heavy (non-hydrogen) atoms. The molecule has 0 saturated carbocycles. The average molecular weight is 219 g/mol. The lowest BCUT2D eigenvalue weighted by Gasteiger charge is -2.06. The van der Waals surface area contributed by atoms with Crippen molar-refractivity contribution < 1.29 is 9.90 Å². The van der Waals surface area contributed by atoms with Gasteiger partial charge in [-0.2, -0.15) is 0 Å². The first kappa shape index (κ1) is 10.6. The minimum absolute atomic E-state index is 0.0603. The van der Waals surface area contributed by atoms with Crippen molar-refractivity contribution in [2.24, 2.45) is 5.92 Å². The molecule has 2 rings (SSSR count). The largest absolute Gasteiger partial charge is 0.481 e. The SMILES string of the molecule is CC(CC(=O)O)Cc1nnc2ccccn12. The summed E-state index contributed by atoms with van der Waals surface area (Å²) in [6, 6.07) is 5.68. The van der Waals surface area contributed by atoms with Crippen molar-refractivity contribution in [2.45, 2.75) is 19.8 Å². The van der Waals surface area contributed by atoms with Gasteiger partial charge < -0.3 is 5.11 Å². The molecular formula is C11H13N3O2. The van der Waals surface area contributed by atoms with Crippen LogP contribution in [0.5, 0.6) is 0 Å². The van der Waals surface area contributed by atoms with Crippen LogP contribution in [0.3, 0.4) is 0 Å². The Labute approximate surface area is 92.7 Å². The Morgan fingerprint density at radius 1 is 1.50 bits per heavy atom. The molecule has 0 aliphatic carbocycles. The van der Waals surface area contributed by atoms with Crippen LogP contribution >= 0.6 is 0 Å². The second kappa shape index (κ2) is 4.30. The molecule has 0 aliphatic rings. The number of pyridine rings is 1. The van der Waals surface area contributed by atoms with Crippen LogP contribution in [0.4, 0.5) is 0 Å². The molecule has 0 bridgehead atoms. The number of carboxylic acid groups (broad SMARTS) is 1. The van der Waals surface area contributed by atoms with Gasteiger partial charge in [-0.1, -0.05) is 13.0 Å². The minimum Gasteiger partial charge on any atom is -0.481 e. The molecule has 5 heteroatoms. The van der Waals surface area contributed by atoms with Crippen LogP contribution in [-0.4, -0.2) is 25.7 Å². The van der Waals surface area contributed by atoms with Crippen molar-refractivity contribution in [3.05, 3.63) is 30.2 Å². The highest BCUT2D eigenvalue weighted by Gasteiger charge is 2.12. The van der Waals surface area contributed by atoms with E-state index in [4.69, 9.17) is 5.11 Å². The fraction of sp³-hybridized carbons (Fsp3) is 0.364. The number of hydrogen-bond donors (Lipinski definition) is 1. The summed E-state index contributed by atoms with van der Waals surface area (Å²) in [4.78, 5) is 10.6. The fourth-order valence-electron chi connectivity index (χ4n) is 1.71. The van der Waals surface area contributed by atoms with Crippen molar-refractivity contribution in [1.82, 2.24) is 14.6 Å². The molecular weight excluding hydrogens is 206 g/mol. The summed E-state index contributed by atoms with van der Waals surface area (Å²) in [6.07, 6.45) is 2.66. The summed E-state index contributed by atoms with van der Waals surface area (Å²) in [5, 5.41) is 16.8. The zero-order valence-electron chi connectivity index (χ0n) is 9.00. The second-order valence-electron chi connectivity index (χ2n) is 3.95. The Hall–Kier alpha value is -1.91. The quantitative estimate of drug-likeness (QED) is 0.843. The van der Waals surface area contributed by atoms with Crippen molar-refractivity contribution in [2.75, 3.05) is 0 Å². The van der Waals surface area contributed by atoms with Gasteiger partial charge in [-0.3, -0.25) is 9.20 Å². The van der Waals surface area contributed by atoms with Gasteiger partial charge in [-0.05, 0) is 18.1 Å². The van der Waals surface area contributed by atoms with Gasteiger partial charge in [0.05, 0.1) is 0 Å². The summed E-state index contributed by atoms with van der Waals surface area (Å²) >= 11 is 0. The van der Waals surface area contributed by atoms with Gasteiger partial charge in [0.25, 0.3) is 0 Å². The zero-order chi connectivity index (χ0) is 11.5. The fourth-order valence-corrected chi connectivity index (χ4v) is 1.71. The van der Waals surface area contributed by atoms with E-state index >= 15 is 0 Å². The van der Waals surface area contributed by atoms with E-state index in [1.807, 2.05) is 35.7 Å². The van der Waals surface area contributed by atoms with E-state index < -0.39 is 5.97 Å². The van der Waals surface area contributed by atoms with Gasteiger partial charge in [0.15, 0.2) is 5.65 Å². The first-order valence-electron chi connectivity index (χ1n) is 5.17. The standard InChI is InChI=1S/C11H13N3O2/c1-8(7-11(15)16)6-10-13-12-9-4-2-3-5-14(9)10/h2-5,8H,6-7H2,1H3,(H,15,16). The normalized spacial score (nSPS) is 12.8. The number of hydrogen-bond acceptors (Lipinski definition) is 3. The third kappa shape index (κ3) is 2.18. The van der Waals surface area contributed by atoms with E-state index in [0.29, 0.717) is 6.42 Å². The van der Waals surface area contributed by atoms with Gasteiger partial charge in [0.2, 0.25) is 0 Å². The topological polar surface area (TPSA) is 67.5 Å². The maximum absolute atomic E-state index is 10.6. The number of rotatable bonds is 4. The van der Waals surface area contributed by atoms with Crippen LogP contribution in [0.25, 0.3) is 5.65 Å². The lowest BCUT2D eigenvalue weighted by atomic mass is 10.0.